The van der Waals surface area contributed by atoms with Crippen molar-refractivity contribution >= 4 is 33.1 Å². The number of aliphatic carboxylic acids is 1. The van der Waals surface area contributed by atoms with Crippen molar-refractivity contribution in [3.05, 3.63) is 36.6 Å². The second kappa shape index (κ2) is 12.9. The Morgan fingerprint density at radius 2 is 1.76 bits per heavy atom. The number of ether oxygens (including phenoxy) is 2. The Hall–Kier alpha value is -3.12. The van der Waals surface area contributed by atoms with Gasteiger partial charge in [-0.15, -0.1) is 0 Å². The number of fused-ring (bicyclic) bond motifs is 1. The molecule has 0 radical (unpaired) electrons. The Kier molecular flexibility index (Phi) is 10.5. The molecule has 0 unspecified atom stereocenters. The molecule has 0 aliphatic carbocycles. The fraction of sp³-hybridized carbons (Fsp3) is 0.600. The summed E-state index contributed by atoms with van der Waals surface area (Å²) in [5.41, 5.74) is -0.127. The fourth-order valence-corrected chi connectivity index (χ4v) is 5.26. The molecule has 1 saturated heterocycles. The minimum absolute atomic E-state index is 0.0179. The van der Waals surface area contributed by atoms with Crippen molar-refractivity contribution in [1.29, 1.82) is 0 Å². The van der Waals surface area contributed by atoms with Crippen molar-refractivity contribution in [2.24, 2.45) is 17.3 Å². The molecule has 3 N–H and O–H groups in total. The number of hydrogen-bond acceptors (Lipinski definition) is 7. The van der Waals surface area contributed by atoms with Crippen molar-refractivity contribution in [1.82, 2.24) is 15.5 Å². The van der Waals surface area contributed by atoms with Crippen LogP contribution in [-0.4, -0.2) is 81.6 Å². The highest BCUT2D eigenvalue weighted by Crippen LogP contribution is 2.50. The lowest BCUT2D eigenvalue weighted by Gasteiger charge is -2.50. The van der Waals surface area contributed by atoms with Gasteiger partial charge in [0, 0.05) is 13.2 Å². The maximum atomic E-state index is 13.4. The number of β-lactam (4-membered cyclic amide) rings is 1. The van der Waals surface area contributed by atoms with Crippen LogP contribution in [0.15, 0.2) is 36.6 Å². The Morgan fingerprint density at radius 3 is 2.27 bits per heavy atom. The number of carboxylic acid groups (broad SMARTS) is 1. The Morgan fingerprint density at radius 1 is 1.16 bits per heavy atom. The van der Waals surface area contributed by atoms with Gasteiger partial charge in [-0.2, -0.15) is 0 Å². The van der Waals surface area contributed by atoms with E-state index in [1.54, 1.807) is 0 Å². The highest BCUT2D eigenvalue weighted by molar-refractivity contribution is 6.48. The van der Waals surface area contributed by atoms with Crippen LogP contribution < -0.4 is 10.6 Å². The molecule has 206 valence electrons. The van der Waals surface area contributed by atoms with Crippen molar-refractivity contribution in [2.45, 2.75) is 52.4 Å². The van der Waals surface area contributed by atoms with Crippen LogP contribution in [0.1, 0.15) is 27.2 Å². The zero-order valence-electron chi connectivity index (χ0n) is 22.2. The first-order valence-corrected chi connectivity index (χ1v) is 15.1. The number of nitrogens with zero attached hydrogens (tertiary/aromatic N) is 1. The lowest BCUT2D eigenvalue weighted by atomic mass is 9.66. The predicted octanol–water partition coefficient (Wildman–Crippen LogP) is 2.41. The number of nitrogens with one attached hydrogen (secondary N) is 2. The van der Waals surface area contributed by atoms with Crippen LogP contribution in [-0.2, 0) is 23.5 Å². The third-order valence-electron chi connectivity index (χ3n) is 6.43. The number of alkyl carbamates (subject to hydrolysis) is 2. The van der Waals surface area contributed by atoms with Crippen molar-refractivity contribution in [2.75, 3.05) is 26.4 Å². The molecule has 2 aliphatic rings. The number of carbonyl (C=O) groups is 4. The van der Waals surface area contributed by atoms with E-state index < -0.39 is 45.2 Å². The molecule has 12 heteroatoms. The maximum absolute atomic E-state index is 13.4. The number of rotatable bonds is 13. The summed E-state index contributed by atoms with van der Waals surface area (Å²) in [4.78, 5) is 51.4. The summed E-state index contributed by atoms with van der Waals surface area (Å²) in [6, 6.07) is -1.34. The minimum atomic E-state index is -1.34. The summed E-state index contributed by atoms with van der Waals surface area (Å²) in [5.74, 6) is -2.12. The van der Waals surface area contributed by atoms with Crippen LogP contribution in [0.4, 0.5) is 9.59 Å². The normalized spacial score (nSPS) is 20.5. The summed E-state index contributed by atoms with van der Waals surface area (Å²) < 4.78 is 15.9. The molecule has 0 aromatic rings. The average molecular weight is 538 g/mol. The fourth-order valence-electron chi connectivity index (χ4n) is 4.67. The molecule has 3 amide bonds. The third-order valence-corrected chi connectivity index (χ3v) is 7.29. The molecule has 0 saturated carbocycles. The molecule has 1 fully saturated rings. The average Bonchev–Trinajstić information content (AvgIpc) is 3.16. The van der Waals surface area contributed by atoms with E-state index >= 15 is 0 Å². The number of amides is 3. The summed E-state index contributed by atoms with van der Waals surface area (Å²) >= 11 is 0. The van der Waals surface area contributed by atoms with E-state index in [4.69, 9.17) is 13.9 Å². The molecule has 2 aliphatic heterocycles. The molecule has 2 rings (SSSR count). The number of carboxylic acids is 1. The smallest absolute Gasteiger partial charge is 0.407 e. The Balaban J connectivity index is 2.35. The maximum Gasteiger partial charge on any atom is 0.407 e. The molecular formula is C25H39N3O8Si. The van der Waals surface area contributed by atoms with Gasteiger partial charge in [0.05, 0.1) is 18.0 Å². The lowest BCUT2D eigenvalue weighted by Crippen LogP contribution is -2.63. The highest BCUT2D eigenvalue weighted by atomic mass is 28.3. The molecule has 0 aromatic heterocycles. The Labute approximate surface area is 219 Å². The lowest BCUT2D eigenvalue weighted by molar-refractivity contribution is -0.162. The quantitative estimate of drug-likeness (QED) is 0.185. The van der Waals surface area contributed by atoms with Gasteiger partial charge in [0.25, 0.3) is 0 Å². The first kappa shape index (κ1) is 30.1. The second-order valence-corrected chi connectivity index (χ2v) is 12.8. The van der Waals surface area contributed by atoms with E-state index in [0.717, 1.165) is 0 Å². The van der Waals surface area contributed by atoms with E-state index in [1.807, 2.05) is 20.8 Å². The van der Waals surface area contributed by atoms with Gasteiger partial charge in [0.15, 0.2) is 9.04 Å². The zero-order chi connectivity index (χ0) is 27.9. The van der Waals surface area contributed by atoms with Gasteiger partial charge in [0.1, 0.15) is 18.9 Å². The molecule has 0 aromatic carbocycles. The van der Waals surface area contributed by atoms with Crippen molar-refractivity contribution < 1.29 is 38.2 Å². The van der Waals surface area contributed by atoms with Crippen LogP contribution >= 0.6 is 0 Å². The molecule has 2 heterocycles. The van der Waals surface area contributed by atoms with Gasteiger partial charge >= 0.3 is 18.2 Å². The van der Waals surface area contributed by atoms with Gasteiger partial charge in [-0.25, -0.2) is 14.4 Å². The van der Waals surface area contributed by atoms with Gasteiger partial charge in [0.2, 0.25) is 5.91 Å². The second-order valence-electron chi connectivity index (χ2n) is 10.4. The van der Waals surface area contributed by atoms with Crippen LogP contribution in [0.3, 0.4) is 0 Å². The summed E-state index contributed by atoms with van der Waals surface area (Å²) in [7, 11) is -1.34. The van der Waals surface area contributed by atoms with Crippen LogP contribution in [0.2, 0.25) is 13.1 Å². The SMILES string of the molecule is C=CCOC(=O)NC[C@@H](NC(=O)OCC=C)C1=C(C(=O)O)N2C(=O)[C@@H]([C@@H](CO[SiH](C)C)C(C)(C)C)[C@H]2C1. The number of carbonyl (C=O) groups excluding carboxylic acids is 3. The van der Waals surface area contributed by atoms with E-state index in [9.17, 15) is 24.3 Å². The minimum Gasteiger partial charge on any atom is -0.477 e. The van der Waals surface area contributed by atoms with Gasteiger partial charge in [-0.3, -0.25) is 4.79 Å². The molecule has 0 bridgehead atoms. The molecule has 11 nitrogen and oxygen atoms in total. The molecular weight excluding hydrogens is 498 g/mol. The zero-order valence-corrected chi connectivity index (χ0v) is 23.4. The Bertz CT molecular complexity index is 943. The van der Waals surface area contributed by atoms with E-state index in [-0.39, 0.29) is 49.1 Å². The highest BCUT2D eigenvalue weighted by Gasteiger charge is 2.59. The van der Waals surface area contributed by atoms with Crippen LogP contribution in [0, 0.1) is 17.3 Å². The first-order valence-electron chi connectivity index (χ1n) is 12.3. The van der Waals surface area contributed by atoms with E-state index in [0.29, 0.717) is 12.2 Å². The van der Waals surface area contributed by atoms with Crippen molar-refractivity contribution in [3.8, 4) is 0 Å². The molecule has 37 heavy (non-hydrogen) atoms. The van der Waals surface area contributed by atoms with Gasteiger partial charge in [-0.1, -0.05) is 46.1 Å². The predicted molar refractivity (Wildman–Crippen MR) is 139 cm³/mol. The standard InChI is InChI=1S/C25H39N3O8Si/c1-8-10-34-23(32)26-13-17(27-24(33)35-11-9-2)15-12-18-19(21(29)28(18)20(15)22(30)31)16(25(3,4)5)14-36-37(6)7/h8-9,16-19,37H,1-2,10-14H2,3-7H3,(H,26,32)(H,27,33)(H,30,31)/t16-,17-,18-,19+/m1/s1. The van der Waals surface area contributed by atoms with Crippen molar-refractivity contribution in [3.63, 3.8) is 0 Å². The van der Waals surface area contributed by atoms with Gasteiger partial charge < -0.3 is 34.5 Å². The molecule has 0 spiro atoms. The topological polar surface area (TPSA) is 144 Å². The van der Waals surface area contributed by atoms with Gasteiger partial charge in [-0.05, 0) is 36.4 Å². The third kappa shape index (κ3) is 7.45. The summed E-state index contributed by atoms with van der Waals surface area (Å²) in [6.07, 6.45) is 1.43. The van der Waals surface area contributed by atoms with E-state index in [1.165, 1.54) is 17.1 Å². The monoisotopic (exact) mass is 537 g/mol. The largest absolute Gasteiger partial charge is 0.477 e. The summed E-state index contributed by atoms with van der Waals surface area (Å²) in [5, 5.41) is 15.2. The van der Waals surface area contributed by atoms with Crippen LogP contribution in [0.5, 0.6) is 0 Å². The summed E-state index contributed by atoms with van der Waals surface area (Å²) in [6.45, 7) is 17.4. The number of hydrogen-bond donors (Lipinski definition) is 3. The first-order chi connectivity index (χ1) is 17.3. The van der Waals surface area contributed by atoms with E-state index in [2.05, 4.69) is 36.9 Å². The molecule has 4 atom stereocenters. The van der Waals surface area contributed by atoms with Crippen LogP contribution in [0.25, 0.3) is 0 Å².